The highest BCUT2D eigenvalue weighted by Gasteiger charge is 2.23. The van der Waals surface area contributed by atoms with Gasteiger partial charge in [-0.2, -0.15) is 5.10 Å². The number of nitrogens with zero attached hydrogens (tertiary/aromatic N) is 4. The van der Waals surface area contributed by atoms with Crippen molar-refractivity contribution in [2.45, 2.75) is 44.7 Å². The third-order valence-corrected chi connectivity index (χ3v) is 6.30. The number of carbonyl (C=O) groups excluding carboxylic acids is 1. The summed E-state index contributed by atoms with van der Waals surface area (Å²) in [5, 5.41) is 5.20. The summed E-state index contributed by atoms with van der Waals surface area (Å²) in [7, 11) is -1.52. The van der Waals surface area contributed by atoms with Crippen molar-refractivity contribution in [2.75, 3.05) is 13.3 Å². The predicted octanol–water partition coefficient (Wildman–Crippen LogP) is 3.56. The normalized spacial score (nSPS) is 13.1. The molecule has 0 aliphatic rings. The molecule has 0 saturated heterocycles. The summed E-state index contributed by atoms with van der Waals surface area (Å²) < 4.78 is 25.1. The number of aryl methyl sites for hydroxylation is 1. The van der Waals surface area contributed by atoms with Crippen molar-refractivity contribution in [3.63, 3.8) is 0 Å². The van der Waals surface area contributed by atoms with E-state index in [1.54, 1.807) is 42.4 Å². The molecule has 1 unspecified atom stereocenters. The molecule has 0 radical (unpaired) electrons. The molecule has 7 nitrogen and oxygen atoms in total. The number of rotatable bonds is 5. The number of carbonyl (C=O) groups is 1. The Kier molecular flexibility index (Phi) is 5.49. The molecular weight excluding hydrogens is 388 g/mol. The molecule has 1 aromatic carbocycles. The van der Waals surface area contributed by atoms with Crippen LogP contribution in [-0.4, -0.2) is 47.3 Å². The number of pyridine rings is 1. The second-order valence-electron chi connectivity index (χ2n) is 7.65. The lowest BCUT2D eigenvalue weighted by atomic mass is 10.1. The average Bonchev–Trinajstić information content (AvgIpc) is 3.08. The van der Waals surface area contributed by atoms with Gasteiger partial charge in [0.25, 0.3) is 5.91 Å². The fourth-order valence-electron chi connectivity index (χ4n) is 3.24. The summed E-state index contributed by atoms with van der Waals surface area (Å²) in [6.45, 7) is 7.80. The number of fused-ring (bicyclic) bond motifs is 1. The van der Waals surface area contributed by atoms with Gasteiger partial charge in [0.1, 0.15) is 0 Å². The van der Waals surface area contributed by atoms with E-state index < -0.39 is 9.84 Å². The van der Waals surface area contributed by atoms with Crippen LogP contribution in [0.25, 0.3) is 11.0 Å². The molecular formula is C21H26N4O3S. The Balaban J connectivity index is 1.90. The van der Waals surface area contributed by atoms with Crippen molar-refractivity contribution >= 4 is 26.8 Å². The first kappa shape index (κ1) is 21.0. The zero-order chi connectivity index (χ0) is 21.5. The van der Waals surface area contributed by atoms with Gasteiger partial charge < -0.3 is 4.90 Å². The number of hydrogen-bond acceptors (Lipinski definition) is 5. The maximum atomic E-state index is 13.2. The van der Waals surface area contributed by atoms with Crippen molar-refractivity contribution in [3.8, 4) is 0 Å². The van der Waals surface area contributed by atoms with Crippen LogP contribution >= 0.6 is 0 Å². The van der Waals surface area contributed by atoms with Gasteiger partial charge in [0.15, 0.2) is 15.5 Å². The molecule has 0 spiro atoms. The van der Waals surface area contributed by atoms with Crippen molar-refractivity contribution in [1.29, 1.82) is 0 Å². The highest BCUT2D eigenvalue weighted by Crippen LogP contribution is 2.25. The number of aromatic nitrogens is 3. The molecule has 8 heteroatoms. The SMILES string of the molecule is Cc1nc2c(cnn2C(C)C)cc1C(=O)N(C)C(C)c1ccc(S(C)(=O)=O)cc1. The van der Waals surface area contributed by atoms with E-state index in [0.29, 0.717) is 11.3 Å². The van der Waals surface area contributed by atoms with Gasteiger partial charge in [0, 0.05) is 24.7 Å². The van der Waals surface area contributed by atoms with Crippen LogP contribution in [0.3, 0.4) is 0 Å². The lowest BCUT2D eigenvalue weighted by Crippen LogP contribution is -2.30. The van der Waals surface area contributed by atoms with E-state index in [2.05, 4.69) is 10.1 Å². The largest absolute Gasteiger partial charge is 0.335 e. The summed E-state index contributed by atoms with van der Waals surface area (Å²) in [5.41, 5.74) is 2.80. The fraction of sp³-hybridized carbons (Fsp3) is 0.381. The molecule has 0 fully saturated rings. The van der Waals surface area contributed by atoms with Crippen molar-refractivity contribution in [3.05, 3.63) is 53.3 Å². The minimum absolute atomic E-state index is 0.145. The van der Waals surface area contributed by atoms with E-state index in [9.17, 15) is 13.2 Å². The van der Waals surface area contributed by atoms with Crippen molar-refractivity contribution in [2.24, 2.45) is 0 Å². The third kappa shape index (κ3) is 4.03. The number of sulfone groups is 1. The number of hydrogen-bond donors (Lipinski definition) is 0. The van der Waals surface area contributed by atoms with E-state index in [-0.39, 0.29) is 22.9 Å². The molecule has 2 heterocycles. The molecule has 29 heavy (non-hydrogen) atoms. The molecule has 1 atom stereocenters. The van der Waals surface area contributed by atoms with Gasteiger partial charge in [-0.15, -0.1) is 0 Å². The predicted molar refractivity (Wildman–Crippen MR) is 113 cm³/mol. The minimum atomic E-state index is -3.25. The Hall–Kier alpha value is -2.74. The van der Waals surface area contributed by atoms with Crippen molar-refractivity contribution in [1.82, 2.24) is 19.7 Å². The summed E-state index contributed by atoms with van der Waals surface area (Å²) in [6.07, 6.45) is 2.90. The van der Waals surface area contributed by atoms with Crippen LogP contribution in [-0.2, 0) is 9.84 Å². The van der Waals surface area contributed by atoms with Gasteiger partial charge in [-0.1, -0.05) is 12.1 Å². The maximum Gasteiger partial charge on any atom is 0.255 e. The quantitative estimate of drug-likeness (QED) is 0.637. The number of benzene rings is 1. The Morgan fingerprint density at radius 1 is 1.14 bits per heavy atom. The van der Waals surface area contributed by atoms with Gasteiger partial charge in [0.2, 0.25) is 0 Å². The molecule has 3 aromatic rings. The molecule has 0 saturated carbocycles. The summed E-state index contributed by atoms with van der Waals surface area (Å²) in [5.74, 6) is -0.145. The molecule has 2 aromatic heterocycles. The Morgan fingerprint density at radius 3 is 2.31 bits per heavy atom. The highest BCUT2D eigenvalue weighted by atomic mass is 32.2. The lowest BCUT2D eigenvalue weighted by molar-refractivity contribution is 0.0741. The van der Waals surface area contributed by atoms with Gasteiger partial charge in [-0.3, -0.25) is 4.79 Å². The van der Waals surface area contributed by atoms with Crippen LogP contribution < -0.4 is 0 Å². The molecule has 0 N–H and O–H groups in total. The summed E-state index contributed by atoms with van der Waals surface area (Å²) in [6, 6.07) is 8.40. The molecule has 0 aliphatic carbocycles. The molecule has 154 valence electrons. The Morgan fingerprint density at radius 2 is 1.76 bits per heavy atom. The average molecular weight is 415 g/mol. The second-order valence-corrected chi connectivity index (χ2v) is 9.67. The first-order chi connectivity index (χ1) is 13.5. The van der Waals surface area contributed by atoms with E-state index in [0.717, 1.165) is 16.6 Å². The van der Waals surface area contributed by atoms with Gasteiger partial charge in [0.05, 0.1) is 28.4 Å². The first-order valence-electron chi connectivity index (χ1n) is 9.42. The van der Waals surface area contributed by atoms with Crippen LogP contribution in [0.1, 0.15) is 54.5 Å². The minimum Gasteiger partial charge on any atom is -0.335 e. The Labute approximate surface area is 171 Å². The topological polar surface area (TPSA) is 85.2 Å². The third-order valence-electron chi connectivity index (χ3n) is 5.17. The van der Waals surface area contributed by atoms with E-state index in [4.69, 9.17) is 0 Å². The smallest absolute Gasteiger partial charge is 0.255 e. The number of amides is 1. The maximum absolute atomic E-state index is 13.2. The lowest BCUT2D eigenvalue weighted by Gasteiger charge is -2.26. The van der Waals surface area contributed by atoms with Gasteiger partial charge in [-0.25, -0.2) is 18.1 Å². The van der Waals surface area contributed by atoms with Crippen LogP contribution in [0.15, 0.2) is 41.4 Å². The van der Waals surface area contributed by atoms with E-state index >= 15 is 0 Å². The molecule has 0 aliphatic heterocycles. The molecule has 3 rings (SSSR count). The van der Waals surface area contributed by atoms with Crippen LogP contribution in [0.2, 0.25) is 0 Å². The van der Waals surface area contributed by atoms with Crippen LogP contribution in [0.4, 0.5) is 0 Å². The van der Waals surface area contributed by atoms with Gasteiger partial charge in [-0.05, 0) is 51.5 Å². The second kappa shape index (κ2) is 7.59. The first-order valence-corrected chi connectivity index (χ1v) is 11.3. The molecule has 1 amide bonds. The van der Waals surface area contributed by atoms with Crippen molar-refractivity contribution < 1.29 is 13.2 Å². The zero-order valence-corrected chi connectivity index (χ0v) is 18.4. The van der Waals surface area contributed by atoms with Crippen LogP contribution in [0.5, 0.6) is 0 Å². The summed E-state index contributed by atoms with van der Waals surface area (Å²) in [4.78, 5) is 19.7. The van der Waals surface area contributed by atoms with E-state index in [1.807, 2.05) is 38.4 Å². The fourth-order valence-corrected chi connectivity index (χ4v) is 3.87. The standard InChI is InChI=1S/C21H26N4O3S/c1-13(2)25-20-17(12-22-25)11-19(14(3)23-20)21(26)24(5)15(4)16-7-9-18(10-8-16)29(6,27)28/h7-13,15H,1-6H3. The summed E-state index contributed by atoms with van der Waals surface area (Å²) >= 11 is 0. The monoisotopic (exact) mass is 414 g/mol. The molecule has 0 bridgehead atoms. The highest BCUT2D eigenvalue weighted by molar-refractivity contribution is 7.90. The van der Waals surface area contributed by atoms with Gasteiger partial charge >= 0.3 is 0 Å². The van der Waals surface area contributed by atoms with E-state index in [1.165, 1.54) is 6.26 Å². The Bertz CT molecular complexity index is 1160. The van der Waals surface area contributed by atoms with Crippen LogP contribution in [0, 0.1) is 6.92 Å². The zero-order valence-electron chi connectivity index (χ0n) is 17.5.